The molecule has 0 aliphatic carbocycles. The highest BCUT2D eigenvalue weighted by Crippen LogP contribution is 2.41. The molecule has 1 heterocycles. The molecule has 0 radical (unpaired) electrons. The van der Waals surface area contributed by atoms with Crippen LogP contribution in [0.2, 0.25) is 0 Å². The fourth-order valence-corrected chi connectivity index (χ4v) is 3.56. The maximum Gasteiger partial charge on any atom is 0.325 e. The van der Waals surface area contributed by atoms with Gasteiger partial charge in [0.1, 0.15) is 24.2 Å². The van der Waals surface area contributed by atoms with Gasteiger partial charge in [-0.05, 0) is 13.0 Å². The normalized spacial score (nSPS) is 16.8. The molecule has 2 amide bonds. The van der Waals surface area contributed by atoms with Gasteiger partial charge in [0.25, 0.3) is 0 Å². The molecular weight excluding hydrogens is 332 g/mol. The SMILES string of the molecule is CCOC(=O)CNC(=O)CN1C(=O)CSC1c1ccccc1OC. The van der Waals surface area contributed by atoms with Crippen molar-refractivity contribution in [2.75, 3.05) is 32.6 Å². The summed E-state index contributed by atoms with van der Waals surface area (Å²) in [6.07, 6.45) is 0. The standard InChI is InChI=1S/C16H20N2O5S/c1-3-23-15(21)8-17-13(19)9-18-14(20)10-24-16(18)11-6-4-5-7-12(11)22-2/h4-7,16H,3,8-10H2,1-2H3,(H,17,19). The van der Waals surface area contributed by atoms with Gasteiger partial charge in [0.15, 0.2) is 0 Å². The first-order chi connectivity index (χ1) is 11.6. The van der Waals surface area contributed by atoms with Gasteiger partial charge >= 0.3 is 5.97 Å². The van der Waals surface area contributed by atoms with Gasteiger partial charge in [0.05, 0.1) is 19.5 Å². The zero-order chi connectivity index (χ0) is 17.5. The van der Waals surface area contributed by atoms with E-state index in [1.807, 2.05) is 24.3 Å². The van der Waals surface area contributed by atoms with E-state index in [9.17, 15) is 14.4 Å². The molecule has 1 saturated heterocycles. The van der Waals surface area contributed by atoms with Gasteiger partial charge in [-0.1, -0.05) is 18.2 Å². The number of hydrogen-bond donors (Lipinski definition) is 1. The van der Waals surface area contributed by atoms with Gasteiger partial charge in [-0.3, -0.25) is 14.4 Å². The van der Waals surface area contributed by atoms with Gasteiger partial charge in [-0.15, -0.1) is 11.8 Å². The molecule has 0 spiro atoms. The van der Waals surface area contributed by atoms with E-state index in [1.165, 1.54) is 16.7 Å². The van der Waals surface area contributed by atoms with Gasteiger partial charge in [-0.2, -0.15) is 0 Å². The van der Waals surface area contributed by atoms with Gasteiger partial charge in [-0.25, -0.2) is 0 Å². The number of carbonyl (C=O) groups is 3. The van der Waals surface area contributed by atoms with Crippen LogP contribution in [0, 0.1) is 0 Å². The van der Waals surface area contributed by atoms with E-state index < -0.39 is 11.9 Å². The summed E-state index contributed by atoms with van der Waals surface area (Å²) in [5, 5.41) is 2.18. The van der Waals surface area contributed by atoms with Crippen molar-refractivity contribution in [2.45, 2.75) is 12.3 Å². The van der Waals surface area contributed by atoms with Crippen LogP contribution in [0.3, 0.4) is 0 Å². The molecule has 0 aromatic heterocycles. The Balaban J connectivity index is 2.03. The Morgan fingerprint density at radius 3 is 2.83 bits per heavy atom. The van der Waals surface area contributed by atoms with E-state index in [0.29, 0.717) is 11.5 Å². The summed E-state index contributed by atoms with van der Waals surface area (Å²) in [6.45, 7) is 1.62. The second kappa shape index (κ2) is 8.58. The smallest absolute Gasteiger partial charge is 0.325 e. The molecule has 2 rings (SSSR count). The van der Waals surface area contributed by atoms with Crippen molar-refractivity contribution in [2.24, 2.45) is 0 Å². The molecule has 1 aromatic rings. The van der Waals surface area contributed by atoms with Gasteiger partial charge < -0.3 is 19.7 Å². The van der Waals surface area contributed by atoms with E-state index in [2.05, 4.69) is 5.32 Å². The molecule has 0 bridgehead atoms. The van der Waals surface area contributed by atoms with Crippen LogP contribution in [-0.4, -0.2) is 55.2 Å². The predicted molar refractivity (Wildman–Crippen MR) is 89.5 cm³/mol. The number of benzene rings is 1. The average molecular weight is 352 g/mol. The minimum atomic E-state index is -0.505. The first-order valence-corrected chi connectivity index (χ1v) is 8.58. The first kappa shape index (κ1) is 18.1. The van der Waals surface area contributed by atoms with E-state index in [0.717, 1.165) is 5.56 Å². The van der Waals surface area contributed by atoms with E-state index >= 15 is 0 Å². The summed E-state index contributed by atoms with van der Waals surface area (Å²) in [6, 6.07) is 7.40. The van der Waals surface area contributed by atoms with E-state index in [1.54, 1.807) is 14.0 Å². The minimum absolute atomic E-state index is 0.117. The summed E-state index contributed by atoms with van der Waals surface area (Å²) < 4.78 is 10.1. The number of carbonyl (C=O) groups excluding carboxylic acids is 3. The Hall–Kier alpha value is -2.22. The largest absolute Gasteiger partial charge is 0.496 e. The summed E-state index contributed by atoms with van der Waals surface area (Å²) in [7, 11) is 1.57. The van der Waals surface area contributed by atoms with Crippen LogP contribution < -0.4 is 10.1 Å². The Morgan fingerprint density at radius 1 is 1.38 bits per heavy atom. The zero-order valence-corrected chi connectivity index (χ0v) is 14.4. The second-order valence-corrected chi connectivity index (χ2v) is 6.08. The van der Waals surface area contributed by atoms with Crippen LogP contribution >= 0.6 is 11.8 Å². The van der Waals surface area contributed by atoms with Gasteiger partial charge in [0.2, 0.25) is 11.8 Å². The molecule has 1 aliphatic heterocycles. The van der Waals surface area contributed by atoms with Crippen molar-refractivity contribution in [1.29, 1.82) is 0 Å². The van der Waals surface area contributed by atoms with Crippen molar-refractivity contribution in [3.8, 4) is 5.75 Å². The number of nitrogens with zero attached hydrogens (tertiary/aromatic N) is 1. The third kappa shape index (κ3) is 4.41. The summed E-state index contributed by atoms with van der Waals surface area (Å²) in [4.78, 5) is 36.9. The number of methoxy groups -OCH3 is 1. The predicted octanol–water partition coefficient (Wildman–Crippen LogP) is 0.948. The molecule has 1 aliphatic rings. The third-order valence-electron chi connectivity index (χ3n) is 3.42. The van der Waals surface area contributed by atoms with E-state index in [4.69, 9.17) is 9.47 Å². The van der Waals surface area contributed by atoms with Crippen LogP contribution in [0.15, 0.2) is 24.3 Å². The highest BCUT2D eigenvalue weighted by Gasteiger charge is 2.35. The second-order valence-electron chi connectivity index (χ2n) is 5.01. The third-order valence-corrected chi connectivity index (χ3v) is 4.66. The summed E-state index contributed by atoms with van der Waals surface area (Å²) >= 11 is 1.44. The molecule has 1 unspecified atom stereocenters. The number of nitrogens with one attached hydrogen (secondary N) is 1. The van der Waals surface area contributed by atoms with Crippen LogP contribution in [0.5, 0.6) is 5.75 Å². The number of para-hydroxylation sites is 1. The summed E-state index contributed by atoms with van der Waals surface area (Å²) in [5.74, 6) is -0.0645. The monoisotopic (exact) mass is 352 g/mol. The van der Waals surface area contributed by atoms with Crippen LogP contribution in [0.1, 0.15) is 17.9 Å². The van der Waals surface area contributed by atoms with Crippen molar-refractivity contribution in [3.63, 3.8) is 0 Å². The quantitative estimate of drug-likeness (QED) is 0.736. The van der Waals surface area contributed by atoms with Crippen molar-refractivity contribution < 1.29 is 23.9 Å². The maximum atomic E-state index is 12.1. The molecule has 1 atom stereocenters. The van der Waals surface area contributed by atoms with Crippen molar-refractivity contribution in [3.05, 3.63) is 29.8 Å². The van der Waals surface area contributed by atoms with Gasteiger partial charge in [0, 0.05) is 5.56 Å². The lowest BCUT2D eigenvalue weighted by Crippen LogP contribution is -2.41. The van der Waals surface area contributed by atoms with Crippen molar-refractivity contribution >= 4 is 29.5 Å². The molecule has 1 fully saturated rings. The fourth-order valence-electron chi connectivity index (χ4n) is 2.35. The number of thioether (sulfide) groups is 1. The van der Waals surface area contributed by atoms with E-state index in [-0.39, 0.29) is 31.0 Å². The zero-order valence-electron chi connectivity index (χ0n) is 13.6. The fraction of sp³-hybridized carbons (Fsp3) is 0.438. The Labute approximate surface area is 144 Å². The molecule has 1 N–H and O–H groups in total. The topological polar surface area (TPSA) is 84.9 Å². The number of amides is 2. The number of esters is 1. The number of rotatable bonds is 7. The molecule has 130 valence electrons. The highest BCUT2D eigenvalue weighted by molar-refractivity contribution is 8.00. The molecule has 1 aromatic carbocycles. The van der Waals surface area contributed by atoms with Crippen molar-refractivity contribution in [1.82, 2.24) is 10.2 Å². The Morgan fingerprint density at radius 2 is 2.12 bits per heavy atom. The molecule has 24 heavy (non-hydrogen) atoms. The number of hydrogen-bond acceptors (Lipinski definition) is 6. The molecule has 7 nitrogen and oxygen atoms in total. The van der Waals surface area contributed by atoms with Crippen LogP contribution in [0.25, 0.3) is 0 Å². The lowest BCUT2D eigenvalue weighted by Gasteiger charge is -2.24. The average Bonchev–Trinajstić information content (AvgIpc) is 2.94. The number of ether oxygens (including phenoxy) is 2. The highest BCUT2D eigenvalue weighted by atomic mass is 32.2. The maximum absolute atomic E-state index is 12.1. The Kier molecular flexibility index (Phi) is 6.48. The Bertz CT molecular complexity index is 622. The molecule has 8 heteroatoms. The lowest BCUT2D eigenvalue weighted by molar-refractivity contribution is -0.143. The molecule has 0 saturated carbocycles. The lowest BCUT2D eigenvalue weighted by atomic mass is 10.2. The van der Waals surface area contributed by atoms with Crippen LogP contribution in [0.4, 0.5) is 0 Å². The van der Waals surface area contributed by atoms with Crippen LogP contribution in [-0.2, 0) is 19.1 Å². The molecular formula is C16H20N2O5S. The summed E-state index contributed by atoms with van der Waals surface area (Å²) in [5.41, 5.74) is 0.842. The first-order valence-electron chi connectivity index (χ1n) is 7.53. The minimum Gasteiger partial charge on any atom is -0.496 e.